The summed E-state index contributed by atoms with van der Waals surface area (Å²) in [6.07, 6.45) is 3.11. The van der Waals surface area contributed by atoms with Crippen LogP contribution in [0.2, 0.25) is 0 Å². The smallest absolute Gasteiger partial charge is 0.208 e. The van der Waals surface area contributed by atoms with Gasteiger partial charge in [-0.2, -0.15) is 0 Å². The molecule has 0 heterocycles. The molecule has 1 aliphatic carbocycles. The van der Waals surface area contributed by atoms with E-state index in [0.717, 1.165) is 23.7 Å². The molecule has 3 nitrogen and oxygen atoms in total. The first-order chi connectivity index (χ1) is 8.88. The van der Waals surface area contributed by atoms with Gasteiger partial charge in [0.25, 0.3) is 0 Å². The van der Waals surface area contributed by atoms with Crippen molar-refractivity contribution in [2.75, 3.05) is 0 Å². The number of hydrogen-bond donors (Lipinski definition) is 1. The second kappa shape index (κ2) is 5.94. The highest BCUT2D eigenvalue weighted by Crippen LogP contribution is 2.29. The lowest BCUT2D eigenvalue weighted by Gasteiger charge is -2.32. The van der Waals surface area contributed by atoms with Crippen LogP contribution in [-0.2, 0) is 10.0 Å². The Balaban J connectivity index is 2.11. The molecule has 1 aliphatic rings. The predicted molar refractivity (Wildman–Crippen MR) is 80.4 cm³/mol. The molecule has 5 heteroatoms. The zero-order valence-electron chi connectivity index (χ0n) is 11.3. The number of halogens is 1. The number of rotatable bonds is 3. The van der Waals surface area contributed by atoms with Crippen molar-refractivity contribution in [1.29, 1.82) is 0 Å². The van der Waals surface area contributed by atoms with Crippen LogP contribution in [0.3, 0.4) is 0 Å². The van der Waals surface area contributed by atoms with Gasteiger partial charge in [-0.05, 0) is 55.4 Å². The lowest BCUT2D eigenvalue weighted by atomic mass is 9.80. The van der Waals surface area contributed by atoms with Gasteiger partial charge in [0.15, 0.2) is 0 Å². The van der Waals surface area contributed by atoms with Gasteiger partial charge in [0.05, 0.1) is 4.90 Å². The van der Waals surface area contributed by atoms with Crippen LogP contribution in [0.1, 0.15) is 33.1 Å². The zero-order chi connectivity index (χ0) is 14.0. The van der Waals surface area contributed by atoms with Gasteiger partial charge in [0.2, 0.25) is 10.0 Å². The fourth-order valence-electron chi connectivity index (χ4n) is 2.72. The maximum absolute atomic E-state index is 12.3. The van der Waals surface area contributed by atoms with Crippen molar-refractivity contribution in [1.82, 2.24) is 4.72 Å². The van der Waals surface area contributed by atoms with Crippen LogP contribution in [0.5, 0.6) is 0 Å². The summed E-state index contributed by atoms with van der Waals surface area (Å²) in [6, 6.07) is 6.82. The molecule has 0 aromatic heterocycles. The molecule has 0 radical (unpaired) electrons. The van der Waals surface area contributed by atoms with Crippen LogP contribution in [0, 0.1) is 11.8 Å². The first-order valence-electron chi connectivity index (χ1n) is 6.66. The third-order valence-electron chi connectivity index (χ3n) is 3.86. The molecule has 1 aromatic rings. The van der Waals surface area contributed by atoms with Gasteiger partial charge in [-0.1, -0.05) is 29.8 Å². The molecule has 1 N–H and O–H groups in total. The molecule has 1 fully saturated rings. The van der Waals surface area contributed by atoms with Crippen molar-refractivity contribution < 1.29 is 8.42 Å². The van der Waals surface area contributed by atoms with E-state index in [1.54, 1.807) is 24.3 Å². The van der Waals surface area contributed by atoms with E-state index in [1.165, 1.54) is 0 Å². The number of hydrogen-bond acceptors (Lipinski definition) is 2. The summed E-state index contributed by atoms with van der Waals surface area (Å²) < 4.78 is 28.4. The molecule has 3 unspecified atom stereocenters. The van der Waals surface area contributed by atoms with Crippen molar-refractivity contribution in [2.24, 2.45) is 11.8 Å². The molecular formula is C14H20BrNO2S. The van der Waals surface area contributed by atoms with E-state index < -0.39 is 10.0 Å². The second-order valence-electron chi connectivity index (χ2n) is 5.58. The molecule has 19 heavy (non-hydrogen) atoms. The molecule has 0 spiro atoms. The lowest BCUT2D eigenvalue weighted by molar-refractivity contribution is 0.249. The average molecular weight is 346 g/mol. The minimum atomic E-state index is -3.40. The Bertz CT molecular complexity index is 527. The Morgan fingerprint density at radius 3 is 2.37 bits per heavy atom. The van der Waals surface area contributed by atoms with Gasteiger partial charge in [-0.25, -0.2) is 13.1 Å². The molecule has 1 aromatic carbocycles. The molecule has 0 saturated heterocycles. The fourth-order valence-corrected chi connectivity index (χ4v) is 4.37. The standard InChI is InChI=1S/C14H20BrNO2S/c1-10-3-8-14(11(2)9-10)16-19(17,18)13-6-4-12(15)5-7-13/h4-7,10-11,14,16H,3,8-9H2,1-2H3. The van der Waals surface area contributed by atoms with E-state index in [4.69, 9.17) is 0 Å². The normalized spacial score (nSPS) is 28.3. The van der Waals surface area contributed by atoms with Crippen LogP contribution in [0.15, 0.2) is 33.6 Å². The Labute approximate surface area is 124 Å². The van der Waals surface area contributed by atoms with Crippen LogP contribution >= 0.6 is 15.9 Å². The van der Waals surface area contributed by atoms with Crippen molar-refractivity contribution in [2.45, 2.75) is 44.0 Å². The van der Waals surface area contributed by atoms with E-state index in [9.17, 15) is 8.42 Å². The average Bonchev–Trinajstić information content (AvgIpc) is 2.33. The molecule has 0 amide bonds. The van der Waals surface area contributed by atoms with Gasteiger partial charge in [-0.3, -0.25) is 0 Å². The van der Waals surface area contributed by atoms with Gasteiger partial charge < -0.3 is 0 Å². The SMILES string of the molecule is CC1CCC(NS(=O)(=O)c2ccc(Br)cc2)C(C)C1. The topological polar surface area (TPSA) is 46.2 Å². The lowest BCUT2D eigenvalue weighted by Crippen LogP contribution is -2.42. The highest BCUT2D eigenvalue weighted by atomic mass is 79.9. The van der Waals surface area contributed by atoms with E-state index in [2.05, 4.69) is 34.5 Å². The Morgan fingerprint density at radius 1 is 1.16 bits per heavy atom. The summed E-state index contributed by atoms with van der Waals surface area (Å²) in [5.74, 6) is 1.09. The van der Waals surface area contributed by atoms with Crippen molar-refractivity contribution in [3.05, 3.63) is 28.7 Å². The van der Waals surface area contributed by atoms with E-state index in [-0.39, 0.29) is 6.04 Å². The third kappa shape index (κ3) is 3.80. The highest BCUT2D eigenvalue weighted by Gasteiger charge is 2.29. The number of sulfonamides is 1. The van der Waals surface area contributed by atoms with E-state index >= 15 is 0 Å². The highest BCUT2D eigenvalue weighted by molar-refractivity contribution is 9.10. The third-order valence-corrected chi connectivity index (χ3v) is 5.90. The van der Waals surface area contributed by atoms with Crippen molar-refractivity contribution >= 4 is 26.0 Å². The van der Waals surface area contributed by atoms with Gasteiger partial charge in [0, 0.05) is 10.5 Å². The van der Waals surface area contributed by atoms with Crippen LogP contribution in [0.4, 0.5) is 0 Å². The Morgan fingerprint density at radius 2 is 1.79 bits per heavy atom. The van der Waals surface area contributed by atoms with Crippen LogP contribution < -0.4 is 4.72 Å². The predicted octanol–water partition coefficient (Wildman–Crippen LogP) is 3.55. The summed E-state index contributed by atoms with van der Waals surface area (Å²) in [5.41, 5.74) is 0. The van der Waals surface area contributed by atoms with Crippen LogP contribution in [0.25, 0.3) is 0 Å². The zero-order valence-corrected chi connectivity index (χ0v) is 13.7. The molecule has 2 rings (SSSR count). The van der Waals surface area contributed by atoms with Gasteiger partial charge in [0.1, 0.15) is 0 Å². The summed E-state index contributed by atoms with van der Waals surface area (Å²) >= 11 is 3.31. The van der Waals surface area contributed by atoms with Gasteiger partial charge >= 0.3 is 0 Å². The Kier molecular flexibility index (Phi) is 4.69. The van der Waals surface area contributed by atoms with E-state index in [0.29, 0.717) is 16.7 Å². The second-order valence-corrected chi connectivity index (χ2v) is 8.21. The van der Waals surface area contributed by atoms with Crippen molar-refractivity contribution in [3.8, 4) is 0 Å². The van der Waals surface area contributed by atoms with Crippen LogP contribution in [-0.4, -0.2) is 14.5 Å². The summed E-state index contributed by atoms with van der Waals surface area (Å²) in [6.45, 7) is 4.36. The maximum Gasteiger partial charge on any atom is 0.240 e. The molecule has 0 aliphatic heterocycles. The monoisotopic (exact) mass is 345 g/mol. The first-order valence-corrected chi connectivity index (χ1v) is 8.94. The summed E-state index contributed by atoms with van der Waals surface area (Å²) in [4.78, 5) is 0.335. The molecule has 106 valence electrons. The molecule has 1 saturated carbocycles. The first kappa shape index (κ1) is 15.0. The molecule has 3 atom stereocenters. The van der Waals surface area contributed by atoms with Gasteiger partial charge in [-0.15, -0.1) is 0 Å². The summed E-state index contributed by atoms with van der Waals surface area (Å²) in [5, 5.41) is 0. The molecular weight excluding hydrogens is 326 g/mol. The quantitative estimate of drug-likeness (QED) is 0.910. The fraction of sp³-hybridized carbons (Fsp3) is 0.571. The number of nitrogens with one attached hydrogen (secondary N) is 1. The minimum Gasteiger partial charge on any atom is -0.208 e. The minimum absolute atomic E-state index is 0.0600. The maximum atomic E-state index is 12.3. The number of benzene rings is 1. The summed E-state index contributed by atoms with van der Waals surface area (Å²) in [7, 11) is -3.40. The molecule has 0 bridgehead atoms. The van der Waals surface area contributed by atoms with Crippen molar-refractivity contribution in [3.63, 3.8) is 0 Å². The Hall–Kier alpha value is -0.390. The largest absolute Gasteiger partial charge is 0.240 e. The van der Waals surface area contributed by atoms with E-state index in [1.807, 2.05) is 0 Å².